The van der Waals surface area contributed by atoms with Crippen LogP contribution in [-0.4, -0.2) is 39.2 Å². The van der Waals surface area contributed by atoms with E-state index in [1.807, 2.05) is 13.8 Å². The molecule has 1 atom stereocenters. The lowest BCUT2D eigenvalue weighted by Gasteiger charge is -2.09. The van der Waals surface area contributed by atoms with Crippen LogP contribution in [0, 0.1) is 5.92 Å². The molecule has 0 radical (unpaired) electrons. The Kier molecular flexibility index (Phi) is 5.20. The van der Waals surface area contributed by atoms with E-state index >= 15 is 0 Å². The van der Waals surface area contributed by atoms with E-state index < -0.39 is 10.0 Å². The fourth-order valence-electron chi connectivity index (χ4n) is 2.05. The number of hydrogen-bond donors (Lipinski definition) is 3. The van der Waals surface area contributed by atoms with Gasteiger partial charge in [-0.1, -0.05) is 13.8 Å². The van der Waals surface area contributed by atoms with E-state index in [2.05, 4.69) is 15.0 Å². The summed E-state index contributed by atoms with van der Waals surface area (Å²) in [6.45, 7) is 6.52. The minimum Gasteiger partial charge on any atom is -0.381 e. The van der Waals surface area contributed by atoms with Crippen LogP contribution in [0.3, 0.4) is 0 Å². The number of aromatic nitrogens is 1. The smallest absolute Gasteiger partial charge is 0.242 e. The van der Waals surface area contributed by atoms with Crippen molar-refractivity contribution < 1.29 is 13.2 Å². The topological polar surface area (TPSA) is 83.2 Å². The van der Waals surface area contributed by atoms with Gasteiger partial charge in [0.15, 0.2) is 0 Å². The molecule has 1 aromatic heterocycles. The third kappa shape index (κ3) is 4.31. The first kappa shape index (κ1) is 15.5. The second-order valence-corrected chi connectivity index (χ2v) is 7.24. The maximum Gasteiger partial charge on any atom is 0.242 e. The first-order valence-electron chi connectivity index (χ1n) is 6.95. The zero-order valence-electron chi connectivity index (χ0n) is 12.0. The molecule has 2 heterocycles. The van der Waals surface area contributed by atoms with Gasteiger partial charge in [-0.3, -0.25) is 0 Å². The summed E-state index contributed by atoms with van der Waals surface area (Å²) in [7, 11) is -3.43. The van der Waals surface area contributed by atoms with E-state index in [4.69, 9.17) is 4.74 Å². The normalized spacial score (nSPS) is 19.9. The fourth-order valence-corrected chi connectivity index (χ4v) is 3.18. The molecule has 1 saturated heterocycles. The van der Waals surface area contributed by atoms with Crippen LogP contribution in [0.25, 0.3) is 0 Å². The van der Waals surface area contributed by atoms with Crippen molar-refractivity contribution in [3.63, 3.8) is 0 Å². The molecule has 0 aliphatic carbocycles. The van der Waals surface area contributed by atoms with Crippen molar-refractivity contribution in [1.82, 2.24) is 15.0 Å². The molecular weight excluding hydrogens is 278 g/mol. The van der Waals surface area contributed by atoms with E-state index in [9.17, 15) is 8.42 Å². The van der Waals surface area contributed by atoms with Gasteiger partial charge in [0.05, 0.1) is 11.5 Å². The lowest BCUT2D eigenvalue weighted by atomic mass is 10.1. The lowest BCUT2D eigenvalue weighted by Crippen LogP contribution is -2.29. The van der Waals surface area contributed by atoms with Crippen LogP contribution in [-0.2, 0) is 21.3 Å². The van der Waals surface area contributed by atoms with E-state index in [0.717, 1.165) is 18.7 Å². The van der Waals surface area contributed by atoms with Crippen molar-refractivity contribution in [2.24, 2.45) is 5.92 Å². The van der Waals surface area contributed by atoms with Gasteiger partial charge in [-0.25, -0.2) is 13.1 Å². The molecule has 1 aliphatic rings. The van der Waals surface area contributed by atoms with E-state index in [-0.39, 0.29) is 10.8 Å². The summed E-state index contributed by atoms with van der Waals surface area (Å²) >= 11 is 0. The summed E-state index contributed by atoms with van der Waals surface area (Å²) in [6, 6.07) is 2.03. The third-order valence-corrected chi connectivity index (χ3v) is 4.72. The van der Waals surface area contributed by atoms with Gasteiger partial charge in [0.2, 0.25) is 10.0 Å². The van der Waals surface area contributed by atoms with E-state index in [1.54, 1.807) is 6.07 Å². The van der Waals surface area contributed by atoms with Gasteiger partial charge in [-0.2, -0.15) is 0 Å². The number of hydrogen-bond acceptors (Lipinski definition) is 4. The van der Waals surface area contributed by atoms with E-state index in [1.165, 1.54) is 6.20 Å². The standard InChI is InChI=1S/C13H23N3O3S/c1-10(2)14-7-12-5-13(8-15-12)20(17,18)16-6-11-3-4-19-9-11/h5,8,10-11,14-16H,3-4,6-7,9H2,1-2H3. The zero-order chi connectivity index (χ0) is 14.6. The molecule has 0 spiro atoms. The first-order chi connectivity index (χ1) is 9.47. The van der Waals surface area contributed by atoms with Crippen LogP contribution in [0.4, 0.5) is 0 Å². The summed E-state index contributed by atoms with van der Waals surface area (Å²) in [4.78, 5) is 3.28. The molecule has 20 heavy (non-hydrogen) atoms. The lowest BCUT2D eigenvalue weighted by molar-refractivity contribution is 0.186. The summed E-state index contributed by atoms with van der Waals surface area (Å²) < 4.78 is 32.2. The number of sulfonamides is 1. The quantitative estimate of drug-likeness (QED) is 0.696. The Hall–Kier alpha value is -0.890. The van der Waals surface area contributed by atoms with Crippen molar-refractivity contribution in [2.75, 3.05) is 19.8 Å². The summed E-state index contributed by atoms with van der Waals surface area (Å²) in [5.41, 5.74) is 0.864. The number of nitrogens with one attached hydrogen (secondary N) is 3. The monoisotopic (exact) mass is 301 g/mol. The Morgan fingerprint density at radius 3 is 2.95 bits per heavy atom. The van der Waals surface area contributed by atoms with Gasteiger partial charge in [0.1, 0.15) is 0 Å². The van der Waals surface area contributed by atoms with Gasteiger partial charge in [-0.05, 0) is 18.4 Å². The third-order valence-electron chi connectivity index (χ3n) is 3.31. The summed E-state index contributed by atoms with van der Waals surface area (Å²) in [5, 5.41) is 3.24. The Bertz CT molecular complexity index is 519. The minimum atomic E-state index is -3.43. The van der Waals surface area contributed by atoms with Crippen LogP contribution < -0.4 is 10.0 Å². The maximum absolute atomic E-state index is 12.1. The van der Waals surface area contributed by atoms with Crippen LogP contribution in [0.5, 0.6) is 0 Å². The summed E-state index contributed by atoms with van der Waals surface area (Å²) in [6.07, 6.45) is 2.45. The van der Waals surface area contributed by atoms with Crippen LogP contribution in [0.1, 0.15) is 26.0 Å². The Morgan fingerprint density at radius 2 is 2.30 bits per heavy atom. The van der Waals surface area contributed by atoms with Gasteiger partial charge in [0.25, 0.3) is 0 Å². The van der Waals surface area contributed by atoms with Crippen LogP contribution in [0.15, 0.2) is 17.2 Å². The average molecular weight is 301 g/mol. The Labute approximate surface area is 120 Å². The fraction of sp³-hybridized carbons (Fsp3) is 0.692. The highest BCUT2D eigenvalue weighted by Gasteiger charge is 2.21. The molecule has 1 aromatic rings. The van der Waals surface area contributed by atoms with Crippen molar-refractivity contribution >= 4 is 10.0 Å². The molecule has 1 aliphatic heterocycles. The maximum atomic E-state index is 12.1. The molecular formula is C13H23N3O3S. The largest absolute Gasteiger partial charge is 0.381 e. The van der Waals surface area contributed by atoms with Crippen molar-refractivity contribution in [3.05, 3.63) is 18.0 Å². The molecule has 7 heteroatoms. The molecule has 114 valence electrons. The Balaban J connectivity index is 1.91. The highest BCUT2D eigenvalue weighted by atomic mass is 32.2. The highest BCUT2D eigenvalue weighted by molar-refractivity contribution is 7.89. The predicted molar refractivity (Wildman–Crippen MR) is 76.9 cm³/mol. The van der Waals surface area contributed by atoms with Crippen molar-refractivity contribution in [2.45, 2.75) is 37.8 Å². The second kappa shape index (κ2) is 6.71. The van der Waals surface area contributed by atoms with Gasteiger partial charge >= 0.3 is 0 Å². The molecule has 1 fully saturated rings. The predicted octanol–water partition coefficient (Wildman–Crippen LogP) is 0.828. The molecule has 3 N–H and O–H groups in total. The molecule has 0 aromatic carbocycles. The number of H-pyrrole nitrogens is 1. The van der Waals surface area contributed by atoms with E-state index in [0.29, 0.717) is 25.7 Å². The highest BCUT2D eigenvalue weighted by Crippen LogP contribution is 2.14. The molecule has 0 amide bonds. The second-order valence-electron chi connectivity index (χ2n) is 5.48. The van der Waals surface area contributed by atoms with Crippen molar-refractivity contribution in [1.29, 1.82) is 0 Å². The zero-order valence-corrected chi connectivity index (χ0v) is 12.8. The van der Waals surface area contributed by atoms with Gasteiger partial charge in [-0.15, -0.1) is 0 Å². The van der Waals surface area contributed by atoms with Crippen LogP contribution in [0.2, 0.25) is 0 Å². The SMILES string of the molecule is CC(C)NCc1cc(S(=O)(=O)NCC2CCOC2)c[nH]1. The molecule has 6 nitrogen and oxygen atoms in total. The number of aromatic amines is 1. The average Bonchev–Trinajstić information content (AvgIpc) is 3.05. The number of rotatable bonds is 7. The first-order valence-corrected chi connectivity index (χ1v) is 8.44. The molecule has 1 unspecified atom stereocenters. The van der Waals surface area contributed by atoms with Gasteiger partial charge in [0, 0.05) is 37.6 Å². The minimum absolute atomic E-state index is 0.283. The van der Waals surface area contributed by atoms with Crippen molar-refractivity contribution in [3.8, 4) is 0 Å². The Morgan fingerprint density at radius 1 is 1.50 bits per heavy atom. The summed E-state index contributed by atoms with van der Waals surface area (Å²) in [5.74, 6) is 0.283. The van der Waals surface area contributed by atoms with Gasteiger partial charge < -0.3 is 15.0 Å². The van der Waals surface area contributed by atoms with Crippen LogP contribution >= 0.6 is 0 Å². The molecule has 0 bridgehead atoms. The molecule has 2 rings (SSSR count). The molecule has 0 saturated carbocycles. The number of ether oxygens (including phenoxy) is 1.